The van der Waals surface area contributed by atoms with Crippen LogP contribution < -0.4 is 10.1 Å². The van der Waals surface area contributed by atoms with Crippen LogP contribution in [0, 0.1) is 0 Å². The molecule has 1 aromatic carbocycles. The Kier molecular flexibility index (Phi) is 6.06. The van der Waals surface area contributed by atoms with Crippen LogP contribution in [0.3, 0.4) is 0 Å². The van der Waals surface area contributed by atoms with Crippen molar-refractivity contribution in [3.8, 4) is 5.88 Å². The first-order valence-corrected chi connectivity index (χ1v) is 9.28. The van der Waals surface area contributed by atoms with Crippen LogP contribution in [0.1, 0.15) is 24.2 Å². The number of rotatable bonds is 6. The minimum absolute atomic E-state index is 0.0109. The lowest BCUT2D eigenvalue weighted by molar-refractivity contribution is 0.0941. The normalized spacial score (nSPS) is 16.2. The van der Waals surface area contributed by atoms with E-state index in [-0.39, 0.29) is 12.0 Å². The number of benzene rings is 1. The summed E-state index contributed by atoms with van der Waals surface area (Å²) in [6.07, 6.45) is 0.0109. The lowest BCUT2D eigenvalue weighted by atomic mass is 10.1. The lowest BCUT2D eigenvalue weighted by Gasteiger charge is -2.32. The van der Waals surface area contributed by atoms with Crippen molar-refractivity contribution < 1.29 is 9.53 Å². The number of para-hydroxylation sites is 1. The number of pyridine rings is 1. The molecule has 0 aliphatic carbocycles. The number of hydrogen-bond acceptors (Lipinski definition) is 5. The van der Waals surface area contributed by atoms with Crippen molar-refractivity contribution in [3.63, 3.8) is 0 Å². The first kappa shape index (κ1) is 18.6. The third-order valence-corrected chi connectivity index (χ3v) is 4.60. The predicted molar refractivity (Wildman–Crippen MR) is 104 cm³/mol. The Hall–Kier alpha value is -2.18. The maximum Gasteiger partial charge on any atom is 0.252 e. The van der Waals surface area contributed by atoms with Crippen LogP contribution in [-0.2, 0) is 0 Å². The summed E-state index contributed by atoms with van der Waals surface area (Å²) in [5.41, 5.74) is 1.39. The molecule has 140 valence electrons. The van der Waals surface area contributed by atoms with E-state index < -0.39 is 0 Å². The van der Waals surface area contributed by atoms with Gasteiger partial charge in [0.2, 0.25) is 5.88 Å². The second-order valence-corrected chi connectivity index (χ2v) is 7.09. The van der Waals surface area contributed by atoms with Gasteiger partial charge in [0.15, 0.2) is 0 Å². The van der Waals surface area contributed by atoms with Crippen molar-refractivity contribution in [1.82, 2.24) is 20.1 Å². The molecule has 0 atom stereocenters. The number of piperazine rings is 1. The Balaban J connectivity index is 1.68. The van der Waals surface area contributed by atoms with E-state index in [1.54, 1.807) is 6.07 Å². The molecule has 0 radical (unpaired) electrons. The third-order valence-electron chi connectivity index (χ3n) is 4.60. The lowest BCUT2D eigenvalue weighted by Crippen LogP contribution is -2.46. The van der Waals surface area contributed by atoms with Crippen molar-refractivity contribution >= 4 is 16.8 Å². The van der Waals surface area contributed by atoms with Crippen molar-refractivity contribution in [3.05, 3.63) is 35.9 Å². The van der Waals surface area contributed by atoms with E-state index in [0.717, 1.165) is 43.6 Å². The molecule has 1 saturated heterocycles. The SMILES string of the molecule is CC(C)Oc1cc(C(=O)NCCN2CCN(C)CC2)c2ccccc2n1. The molecule has 2 aromatic rings. The summed E-state index contributed by atoms with van der Waals surface area (Å²) < 4.78 is 5.72. The van der Waals surface area contributed by atoms with Crippen LogP contribution in [0.2, 0.25) is 0 Å². The molecule has 0 saturated carbocycles. The van der Waals surface area contributed by atoms with Crippen LogP contribution in [0.4, 0.5) is 0 Å². The molecule has 6 nitrogen and oxygen atoms in total. The highest BCUT2D eigenvalue weighted by atomic mass is 16.5. The highest BCUT2D eigenvalue weighted by Gasteiger charge is 2.16. The zero-order chi connectivity index (χ0) is 18.5. The van der Waals surface area contributed by atoms with E-state index in [2.05, 4.69) is 27.1 Å². The summed E-state index contributed by atoms with van der Waals surface area (Å²) in [5.74, 6) is 0.411. The number of likely N-dealkylation sites (N-methyl/N-ethyl adjacent to an activating group) is 1. The average Bonchev–Trinajstić information content (AvgIpc) is 2.62. The molecule has 1 aromatic heterocycles. The van der Waals surface area contributed by atoms with Gasteiger partial charge in [-0.1, -0.05) is 18.2 Å². The van der Waals surface area contributed by atoms with Gasteiger partial charge in [0.05, 0.1) is 17.2 Å². The number of fused-ring (bicyclic) bond motifs is 1. The van der Waals surface area contributed by atoms with Gasteiger partial charge >= 0.3 is 0 Å². The zero-order valence-electron chi connectivity index (χ0n) is 15.9. The number of nitrogens with one attached hydrogen (secondary N) is 1. The molecule has 1 fully saturated rings. The second kappa shape index (κ2) is 8.47. The highest BCUT2D eigenvalue weighted by Crippen LogP contribution is 2.22. The second-order valence-electron chi connectivity index (χ2n) is 7.09. The van der Waals surface area contributed by atoms with E-state index >= 15 is 0 Å². The number of hydrogen-bond donors (Lipinski definition) is 1. The molecule has 26 heavy (non-hydrogen) atoms. The number of carbonyl (C=O) groups is 1. The summed E-state index contributed by atoms with van der Waals surface area (Å²) in [6, 6.07) is 9.42. The van der Waals surface area contributed by atoms with Crippen molar-refractivity contribution in [1.29, 1.82) is 0 Å². The minimum Gasteiger partial charge on any atom is -0.475 e. The van der Waals surface area contributed by atoms with E-state index in [4.69, 9.17) is 4.74 Å². The summed E-state index contributed by atoms with van der Waals surface area (Å²) in [4.78, 5) is 22.0. The van der Waals surface area contributed by atoms with Gasteiger partial charge in [-0.15, -0.1) is 0 Å². The summed E-state index contributed by atoms with van der Waals surface area (Å²) >= 11 is 0. The van der Waals surface area contributed by atoms with Gasteiger partial charge in [-0.2, -0.15) is 0 Å². The average molecular weight is 356 g/mol. The number of aromatic nitrogens is 1. The predicted octanol–water partition coefficient (Wildman–Crippen LogP) is 2.00. The van der Waals surface area contributed by atoms with E-state index in [0.29, 0.717) is 18.0 Å². The monoisotopic (exact) mass is 356 g/mol. The van der Waals surface area contributed by atoms with Gasteiger partial charge < -0.3 is 15.0 Å². The molecule has 6 heteroatoms. The molecule has 1 aliphatic heterocycles. The maximum atomic E-state index is 12.8. The fourth-order valence-corrected chi connectivity index (χ4v) is 3.14. The third kappa shape index (κ3) is 4.71. The largest absolute Gasteiger partial charge is 0.475 e. The Bertz CT molecular complexity index is 755. The number of amides is 1. The zero-order valence-corrected chi connectivity index (χ0v) is 15.9. The molecule has 1 aliphatic rings. The Morgan fingerprint density at radius 1 is 1.23 bits per heavy atom. The molecule has 0 unspecified atom stereocenters. The fraction of sp³-hybridized carbons (Fsp3) is 0.500. The summed E-state index contributed by atoms with van der Waals surface area (Å²) in [7, 11) is 2.14. The van der Waals surface area contributed by atoms with Gasteiger partial charge in [-0.25, -0.2) is 4.98 Å². The first-order chi connectivity index (χ1) is 12.5. The van der Waals surface area contributed by atoms with Crippen LogP contribution in [-0.4, -0.2) is 73.1 Å². The van der Waals surface area contributed by atoms with Crippen molar-refractivity contribution in [2.75, 3.05) is 46.3 Å². The Labute approximate surface area is 155 Å². The molecule has 2 heterocycles. The Morgan fingerprint density at radius 2 is 1.96 bits per heavy atom. The standard InChI is InChI=1S/C20H28N4O2/c1-15(2)26-19-14-17(16-6-4-5-7-18(16)22-19)20(25)21-8-9-24-12-10-23(3)11-13-24/h4-7,14-15H,8-13H2,1-3H3,(H,21,25). The molecule has 1 amide bonds. The fourth-order valence-electron chi connectivity index (χ4n) is 3.14. The summed E-state index contributed by atoms with van der Waals surface area (Å²) in [5, 5.41) is 3.90. The van der Waals surface area contributed by atoms with Gasteiger partial charge in [-0.05, 0) is 27.0 Å². The van der Waals surface area contributed by atoms with Crippen molar-refractivity contribution in [2.24, 2.45) is 0 Å². The number of ether oxygens (including phenoxy) is 1. The quantitative estimate of drug-likeness (QED) is 0.858. The Morgan fingerprint density at radius 3 is 2.69 bits per heavy atom. The molecule has 3 rings (SSSR count). The van der Waals surface area contributed by atoms with Crippen molar-refractivity contribution in [2.45, 2.75) is 20.0 Å². The highest BCUT2D eigenvalue weighted by molar-refractivity contribution is 6.06. The maximum absolute atomic E-state index is 12.8. The molecular weight excluding hydrogens is 328 g/mol. The first-order valence-electron chi connectivity index (χ1n) is 9.28. The van der Waals surface area contributed by atoms with Crippen LogP contribution in [0.5, 0.6) is 5.88 Å². The van der Waals surface area contributed by atoms with Crippen LogP contribution in [0.15, 0.2) is 30.3 Å². The minimum atomic E-state index is -0.0775. The topological polar surface area (TPSA) is 57.7 Å². The van der Waals surface area contributed by atoms with Gasteiger partial charge in [0, 0.05) is 50.7 Å². The van der Waals surface area contributed by atoms with E-state index in [9.17, 15) is 4.79 Å². The van der Waals surface area contributed by atoms with Gasteiger partial charge in [0.25, 0.3) is 5.91 Å². The molecule has 0 spiro atoms. The van der Waals surface area contributed by atoms with Crippen LogP contribution in [0.25, 0.3) is 10.9 Å². The number of carbonyl (C=O) groups excluding carboxylic acids is 1. The van der Waals surface area contributed by atoms with Gasteiger partial charge in [-0.3, -0.25) is 9.69 Å². The molecule has 0 bridgehead atoms. The van der Waals surface area contributed by atoms with Crippen LogP contribution >= 0.6 is 0 Å². The van der Waals surface area contributed by atoms with E-state index in [1.807, 2.05) is 38.1 Å². The number of nitrogens with zero attached hydrogens (tertiary/aromatic N) is 3. The molecular formula is C20H28N4O2. The van der Waals surface area contributed by atoms with Gasteiger partial charge in [0.1, 0.15) is 0 Å². The smallest absolute Gasteiger partial charge is 0.252 e. The molecule has 1 N–H and O–H groups in total. The van der Waals surface area contributed by atoms with E-state index in [1.165, 1.54) is 0 Å². The summed E-state index contributed by atoms with van der Waals surface area (Å²) in [6.45, 7) is 9.68.